The molecule has 1 aromatic rings. The molecule has 0 saturated heterocycles. The molecular weight excluding hydrogens is 200 g/mol. The van der Waals surface area contributed by atoms with Crippen LogP contribution < -0.4 is 5.32 Å². The molecule has 0 spiro atoms. The van der Waals surface area contributed by atoms with Gasteiger partial charge in [0.05, 0.1) is 5.60 Å². The molecule has 1 rings (SSSR count). The highest BCUT2D eigenvalue weighted by molar-refractivity contribution is 5.14. The summed E-state index contributed by atoms with van der Waals surface area (Å²) in [7, 11) is 3.75. The van der Waals surface area contributed by atoms with Crippen LogP contribution in [0.2, 0.25) is 0 Å². The molecule has 0 fully saturated rings. The second-order valence-electron chi connectivity index (χ2n) is 4.91. The van der Waals surface area contributed by atoms with Crippen molar-refractivity contribution in [1.82, 2.24) is 9.88 Å². The van der Waals surface area contributed by atoms with Crippen molar-refractivity contribution in [2.45, 2.75) is 45.4 Å². The Bertz CT molecular complexity index is 317. The van der Waals surface area contributed by atoms with E-state index in [4.69, 9.17) is 4.74 Å². The summed E-state index contributed by atoms with van der Waals surface area (Å²) in [4.78, 5) is 0. The zero-order chi connectivity index (χ0) is 12.2. The predicted octanol–water partition coefficient (Wildman–Crippen LogP) is 2.58. The van der Waals surface area contributed by atoms with Gasteiger partial charge in [0, 0.05) is 32.1 Å². The van der Waals surface area contributed by atoms with Crippen molar-refractivity contribution < 1.29 is 4.74 Å². The lowest BCUT2D eigenvalue weighted by Gasteiger charge is -2.22. The summed E-state index contributed by atoms with van der Waals surface area (Å²) in [5.41, 5.74) is 1.29. The van der Waals surface area contributed by atoms with E-state index in [1.807, 2.05) is 7.05 Å². The van der Waals surface area contributed by atoms with Crippen molar-refractivity contribution >= 4 is 0 Å². The Kier molecular flexibility index (Phi) is 4.56. The van der Waals surface area contributed by atoms with E-state index in [0.29, 0.717) is 6.04 Å². The van der Waals surface area contributed by atoms with Gasteiger partial charge in [-0.05, 0) is 45.9 Å². The Hall–Kier alpha value is -0.800. The van der Waals surface area contributed by atoms with Crippen molar-refractivity contribution in [3.63, 3.8) is 0 Å². The maximum atomic E-state index is 5.41. The molecule has 92 valence electrons. The van der Waals surface area contributed by atoms with E-state index in [2.05, 4.69) is 49.1 Å². The molecular formula is C13H24N2O. The number of aromatic nitrogens is 1. The highest BCUT2D eigenvalue weighted by Gasteiger charge is 2.15. The number of nitrogens with one attached hydrogen (secondary N) is 1. The molecule has 1 N–H and O–H groups in total. The molecule has 0 bridgehead atoms. The lowest BCUT2D eigenvalue weighted by atomic mass is 10.1. The first-order valence-electron chi connectivity index (χ1n) is 5.86. The molecule has 16 heavy (non-hydrogen) atoms. The van der Waals surface area contributed by atoms with E-state index in [1.54, 1.807) is 7.11 Å². The SMILES string of the molecule is CNC(C)c1ccn(CCC(C)(C)OC)c1. The third kappa shape index (κ3) is 3.65. The minimum Gasteiger partial charge on any atom is -0.379 e. The Labute approximate surface area is 98.8 Å². The molecule has 0 aromatic carbocycles. The van der Waals surface area contributed by atoms with E-state index in [0.717, 1.165) is 13.0 Å². The van der Waals surface area contributed by atoms with Gasteiger partial charge >= 0.3 is 0 Å². The van der Waals surface area contributed by atoms with Gasteiger partial charge < -0.3 is 14.6 Å². The molecule has 0 saturated carbocycles. The number of ether oxygens (including phenoxy) is 1. The number of hydrogen-bond acceptors (Lipinski definition) is 2. The molecule has 3 nitrogen and oxygen atoms in total. The number of rotatable bonds is 6. The van der Waals surface area contributed by atoms with Gasteiger partial charge in [0.1, 0.15) is 0 Å². The smallest absolute Gasteiger partial charge is 0.0639 e. The summed E-state index contributed by atoms with van der Waals surface area (Å²) in [6, 6.07) is 2.58. The molecule has 1 aromatic heterocycles. The Balaban J connectivity index is 2.53. The van der Waals surface area contributed by atoms with Gasteiger partial charge in [-0.2, -0.15) is 0 Å². The molecule has 3 heteroatoms. The van der Waals surface area contributed by atoms with Gasteiger partial charge in [-0.1, -0.05) is 0 Å². The molecule has 0 amide bonds. The third-order valence-corrected chi connectivity index (χ3v) is 3.23. The predicted molar refractivity (Wildman–Crippen MR) is 67.6 cm³/mol. The lowest BCUT2D eigenvalue weighted by molar-refractivity contribution is 0.0120. The fourth-order valence-corrected chi connectivity index (χ4v) is 1.52. The Morgan fingerprint density at radius 3 is 2.75 bits per heavy atom. The second kappa shape index (κ2) is 5.51. The number of aryl methyl sites for hydroxylation is 1. The van der Waals surface area contributed by atoms with Crippen LogP contribution in [-0.2, 0) is 11.3 Å². The topological polar surface area (TPSA) is 26.2 Å². The maximum absolute atomic E-state index is 5.41. The van der Waals surface area contributed by atoms with Gasteiger partial charge in [0.2, 0.25) is 0 Å². The van der Waals surface area contributed by atoms with E-state index in [9.17, 15) is 0 Å². The molecule has 0 aliphatic carbocycles. The third-order valence-electron chi connectivity index (χ3n) is 3.23. The average Bonchev–Trinajstić information content (AvgIpc) is 2.74. The number of methoxy groups -OCH3 is 1. The fourth-order valence-electron chi connectivity index (χ4n) is 1.52. The van der Waals surface area contributed by atoms with Crippen LogP contribution in [0.1, 0.15) is 38.8 Å². The minimum absolute atomic E-state index is 0.0426. The van der Waals surface area contributed by atoms with Crippen LogP contribution in [0.25, 0.3) is 0 Å². The van der Waals surface area contributed by atoms with Gasteiger partial charge in [0.25, 0.3) is 0 Å². The summed E-state index contributed by atoms with van der Waals surface area (Å²) < 4.78 is 7.64. The molecule has 1 unspecified atom stereocenters. The van der Waals surface area contributed by atoms with Gasteiger partial charge in [-0.25, -0.2) is 0 Å². The van der Waals surface area contributed by atoms with E-state index >= 15 is 0 Å². The standard InChI is InChI=1S/C13H24N2O/c1-11(14-4)12-6-8-15(10-12)9-7-13(2,3)16-5/h6,8,10-11,14H,7,9H2,1-5H3. The molecule has 1 heterocycles. The van der Waals surface area contributed by atoms with Gasteiger partial charge in [-0.15, -0.1) is 0 Å². The van der Waals surface area contributed by atoms with E-state index in [-0.39, 0.29) is 5.60 Å². The summed E-state index contributed by atoms with van der Waals surface area (Å²) >= 11 is 0. The molecule has 0 radical (unpaired) electrons. The zero-order valence-corrected chi connectivity index (χ0v) is 11.1. The first-order valence-corrected chi connectivity index (χ1v) is 5.86. The summed E-state index contributed by atoms with van der Waals surface area (Å²) in [6.07, 6.45) is 5.35. The Morgan fingerprint density at radius 2 is 2.19 bits per heavy atom. The average molecular weight is 224 g/mol. The minimum atomic E-state index is -0.0426. The molecule has 1 atom stereocenters. The summed E-state index contributed by atoms with van der Waals surface area (Å²) in [6.45, 7) is 7.40. The monoisotopic (exact) mass is 224 g/mol. The normalized spacial score (nSPS) is 14.1. The molecule has 0 aliphatic rings. The number of nitrogens with zero attached hydrogens (tertiary/aromatic N) is 1. The van der Waals surface area contributed by atoms with Gasteiger partial charge in [-0.3, -0.25) is 0 Å². The Morgan fingerprint density at radius 1 is 1.50 bits per heavy atom. The van der Waals surface area contributed by atoms with Crippen molar-refractivity contribution in [2.24, 2.45) is 0 Å². The quantitative estimate of drug-likeness (QED) is 0.804. The van der Waals surface area contributed by atoms with Crippen LogP contribution in [0, 0.1) is 0 Å². The number of hydrogen-bond donors (Lipinski definition) is 1. The van der Waals surface area contributed by atoms with Crippen LogP contribution in [0.4, 0.5) is 0 Å². The van der Waals surface area contributed by atoms with Crippen LogP contribution in [-0.4, -0.2) is 24.3 Å². The largest absolute Gasteiger partial charge is 0.379 e. The first-order chi connectivity index (χ1) is 7.48. The molecule has 0 aliphatic heterocycles. The highest BCUT2D eigenvalue weighted by Crippen LogP contribution is 2.16. The van der Waals surface area contributed by atoms with E-state index < -0.39 is 0 Å². The zero-order valence-electron chi connectivity index (χ0n) is 11.1. The van der Waals surface area contributed by atoms with Crippen molar-refractivity contribution in [3.05, 3.63) is 24.0 Å². The highest BCUT2D eigenvalue weighted by atomic mass is 16.5. The first kappa shape index (κ1) is 13.3. The fraction of sp³-hybridized carbons (Fsp3) is 0.692. The van der Waals surface area contributed by atoms with Crippen molar-refractivity contribution in [2.75, 3.05) is 14.2 Å². The summed E-state index contributed by atoms with van der Waals surface area (Å²) in [5.74, 6) is 0. The van der Waals surface area contributed by atoms with Crippen LogP contribution >= 0.6 is 0 Å². The summed E-state index contributed by atoms with van der Waals surface area (Å²) in [5, 5.41) is 3.24. The lowest BCUT2D eigenvalue weighted by Crippen LogP contribution is -2.24. The van der Waals surface area contributed by atoms with Crippen LogP contribution in [0.5, 0.6) is 0 Å². The van der Waals surface area contributed by atoms with E-state index in [1.165, 1.54) is 5.56 Å². The van der Waals surface area contributed by atoms with Gasteiger partial charge in [0.15, 0.2) is 0 Å². The maximum Gasteiger partial charge on any atom is 0.0639 e. The second-order valence-corrected chi connectivity index (χ2v) is 4.91. The van der Waals surface area contributed by atoms with Crippen molar-refractivity contribution in [1.29, 1.82) is 0 Å². The van der Waals surface area contributed by atoms with Crippen molar-refractivity contribution in [3.8, 4) is 0 Å². The van der Waals surface area contributed by atoms with Crippen LogP contribution in [0.15, 0.2) is 18.5 Å². The van der Waals surface area contributed by atoms with Crippen LogP contribution in [0.3, 0.4) is 0 Å².